The lowest BCUT2D eigenvalue weighted by atomic mass is 10.2. The Hall–Kier alpha value is -1.81. The molecule has 0 amide bonds. The predicted octanol–water partition coefficient (Wildman–Crippen LogP) is 4.09. The Balaban J connectivity index is 1.85. The number of aryl methyl sites for hydroxylation is 2. The van der Waals surface area contributed by atoms with Crippen molar-refractivity contribution in [2.75, 3.05) is 23.3 Å². The molecule has 0 saturated carbocycles. The Bertz CT molecular complexity index is 651. The Morgan fingerprint density at radius 2 is 1.86 bits per heavy atom. The minimum Gasteiger partial charge on any atom is -0.341 e. The number of nitrogens with one attached hydrogen (secondary N) is 1. The number of nitrogens with zero attached hydrogens (tertiary/aromatic N) is 3. The molecule has 4 nitrogen and oxygen atoms in total. The highest BCUT2D eigenvalue weighted by Crippen LogP contribution is 2.24. The van der Waals surface area contributed by atoms with Crippen molar-refractivity contribution in [3.05, 3.63) is 40.5 Å². The second kappa shape index (κ2) is 5.90. The maximum Gasteiger partial charge on any atom is 0.227 e. The largest absolute Gasteiger partial charge is 0.341 e. The van der Waals surface area contributed by atoms with Gasteiger partial charge >= 0.3 is 0 Å². The van der Waals surface area contributed by atoms with Gasteiger partial charge in [-0.05, 0) is 44.4 Å². The summed E-state index contributed by atoms with van der Waals surface area (Å²) in [5.41, 5.74) is 2.97. The molecule has 1 N–H and O–H groups in total. The van der Waals surface area contributed by atoms with Crippen molar-refractivity contribution >= 4 is 29.1 Å². The molecule has 0 aliphatic carbocycles. The number of anilines is 3. The molecule has 2 heterocycles. The molecule has 1 aromatic heterocycles. The van der Waals surface area contributed by atoms with Crippen molar-refractivity contribution < 1.29 is 0 Å². The molecule has 3 rings (SSSR count). The average Bonchev–Trinajstić information content (AvgIpc) is 2.96. The molecular weight excluding hydrogens is 284 g/mol. The molecule has 0 bridgehead atoms. The fraction of sp³-hybridized carbons (Fsp3) is 0.375. The lowest BCUT2D eigenvalue weighted by Crippen LogP contribution is -2.21. The first-order valence-electron chi connectivity index (χ1n) is 7.25. The van der Waals surface area contributed by atoms with Crippen LogP contribution in [0.3, 0.4) is 0 Å². The molecule has 5 heteroatoms. The van der Waals surface area contributed by atoms with Gasteiger partial charge in [-0.3, -0.25) is 0 Å². The SMILES string of the molecule is Cc1cc(Nc2ccc(C)c(Cl)c2)nc(N2CCCC2)n1. The number of aromatic nitrogens is 2. The normalized spacial score (nSPS) is 14.5. The van der Waals surface area contributed by atoms with Gasteiger partial charge in [0.15, 0.2) is 0 Å². The zero-order valence-electron chi connectivity index (χ0n) is 12.4. The van der Waals surface area contributed by atoms with E-state index in [1.165, 1.54) is 12.8 Å². The van der Waals surface area contributed by atoms with Gasteiger partial charge < -0.3 is 10.2 Å². The minimum atomic E-state index is 0.755. The molecule has 1 saturated heterocycles. The topological polar surface area (TPSA) is 41.1 Å². The Labute approximate surface area is 130 Å². The molecule has 1 aliphatic rings. The molecule has 0 unspecified atom stereocenters. The maximum absolute atomic E-state index is 6.17. The van der Waals surface area contributed by atoms with Crippen molar-refractivity contribution in [3.8, 4) is 0 Å². The van der Waals surface area contributed by atoms with Gasteiger partial charge in [0.1, 0.15) is 5.82 Å². The summed E-state index contributed by atoms with van der Waals surface area (Å²) in [6.45, 7) is 6.07. The van der Waals surface area contributed by atoms with Gasteiger partial charge in [0.25, 0.3) is 0 Å². The lowest BCUT2D eigenvalue weighted by molar-refractivity contribution is 0.891. The van der Waals surface area contributed by atoms with Crippen LogP contribution in [-0.4, -0.2) is 23.1 Å². The number of hydrogen-bond donors (Lipinski definition) is 1. The first-order chi connectivity index (χ1) is 10.1. The third kappa shape index (κ3) is 3.27. The van der Waals surface area contributed by atoms with Crippen LogP contribution < -0.4 is 10.2 Å². The first kappa shape index (κ1) is 14.1. The third-order valence-corrected chi connectivity index (χ3v) is 4.08. The molecule has 0 radical (unpaired) electrons. The molecule has 110 valence electrons. The predicted molar refractivity (Wildman–Crippen MR) is 87.7 cm³/mol. The zero-order valence-corrected chi connectivity index (χ0v) is 13.1. The molecule has 1 aliphatic heterocycles. The molecule has 0 spiro atoms. The van der Waals surface area contributed by atoms with E-state index in [1.54, 1.807) is 0 Å². The van der Waals surface area contributed by atoms with Gasteiger partial charge in [0, 0.05) is 35.6 Å². The van der Waals surface area contributed by atoms with Gasteiger partial charge in [0.05, 0.1) is 0 Å². The van der Waals surface area contributed by atoms with E-state index in [2.05, 4.69) is 20.2 Å². The van der Waals surface area contributed by atoms with Gasteiger partial charge in [-0.15, -0.1) is 0 Å². The summed E-state index contributed by atoms with van der Waals surface area (Å²) < 4.78 is 0. The van der Waals surface area contributed by atoms with Crippen molar-refractivity contribution in [2.45, 2.75) is 26.7 Å². The van der Waals surface area contributed by atoms with Crippen LogP contribution in [0.4, 0.5) is 17.5 Å². The zero-order chi connectivity index (χ0) is 14.8. The molecular formula is C16H19ClN4. The number of benzene rings is 1. The van der Waals surface area contributed by atoms with Crippen LogP contribution in [0.25, 0.3) is 0 Å². The van der Waals surface area contributed by atoms with Crippen LogP contribution in [0.2, 0.25) is 5.02 Å². The van der Waals surface area contributed by atoms with Crippen molar-refractivity contribution in [1.29, 1.82) is 0 Å². The Kier molecular flexibility index (Phi) is 3.97. The lowest BCUT2D eigenvalue weighted by Gasteiger charge is -2.17. The van der Waals surface area contributed by atoms with E-state index in [1.807, 2.05) is 38.1 Å². The smallest absolute Gasteiger partial charge is 0.227 e. The second-order valence-corrected chi connectivity index (χ2v) is 5.88. The number of rotatable bonds is 3. The molecule has 1 fully saturated rings. The number of halogens is 1. The molecule has 21 heavy (non-hydrogen) atoms. The van der Waals surface area contributed by atoms with Crippen LogP contribution >= 0.6 is 11.6 Å². The van der Waals surface area contributed by atoms with Crippen LogP contribution in [0.15, 0.2) is 24.3 Å². The fourth-order valence-electron chi connectivity index (χ4n) is 2.49. The van der Waals surface area contributed by atoms with Crippen molar-refractivity contribution in [1.82, 2.24) is 9.97 Å². The summed E-state index contributed by atoms with van der Waals surface area (Å²) >= 11 is 6.17. The summed E-state index contributed by atoms with van der Waals surface area (Å²) in [5.74, 6) is 1.62. The van der Waals surface area contributed by atoms with Crippen molar-refractivity contribution in [2.24, 2.45) is 0 Å². The van der Waals surface area contributed by atoms with Gasteiger partial charge in [-0.1, -0.05) is 17.7 Å². The third-order valence-electron chi connectivity index (χ3n) is 3.68. The van der Waals surface area contributed by atoms with E-state index in [0.29, 0.717) is 0 Å². The van der Waals surface area contributed by atoms with E-state index in [4.69, 9.17) is 11.6 Å². The van der Waals surface area contributed by atoms with E-state index in [0.717, 1.165) is 46.8 Å². The van der Waals surface area contributed by atoms with Crippen LogP contribution in [0.1, 0.15) is 24.1 Å². The summed E-state index contributed by atoms with van der Waals surface area (Å²) in [5, 5.41) is 4.07. The molecule has 2 aromatic rings. The highest BCUT2D eigenvalue weighted by molar-refractivity contribution is 6.31. The summed E-state index contributed by atoms with van der Waals surface area (Å²) in [6.07, 6.45) is 2.43. The first-order valence-corrected chi connectivity index (χ1v) is 7.63. The number of hydrogen-bond acceptors (Lipinski definition) is 4. The Morgan fingerprint density at radius 3 is 2.57 bits per heavy atom. The van der Waals surface area contributed by atoms with E-state index >= 15 is 0 Å². The highest BCUT2D eigenvalue weighted by Gasteiger charge is 2.16. The van der Waals surface area contributed by atoms with E-state index in [9.17, 15) is 0 Å². The van der Waals surface area contributed by atoms with Gasteiger partial charge in [-0.25, -0.2) is 4.98 Å². The van der Waals surface area contributed by atoms with E-state index in [-0.39, 0.29) is 0 Å². The molecule has 0 atom stereocenters. The maximum atomic E-state index is 6.17. The van der Waals surface area contributed by atoms with Crippen LogP contribution in [0, 0.1) is 13.8 Å². The van der Waals surface area contributed by atoms with Gasteiger partial charge in [0.2, 0.25) is 5.95 Å². The second-order valence-electron chi connectivity index (χ2n) is 5.48. The quantitative estimate of drug-likeness (QED) is 0.927. The standard InChI is InChI=1S/C16H19ClN4/c1-11-5-6-13(10-14(11)17)19-15-9-12(2)18-16(20-15)21-7-3-4-8-21/h5-6,9-10H,3-4,7-8H2,1-2H3,(H,18,19,20). The monoisotopic (exact) mass is 302 g/mol. The van der Waals surface area contributed by atoms with Gasteiger partial charge in [-0.2, -0.15) is 4.98 Å². The van der Waals surface area contributed by atoms with Crippen LogP contribution in [-0.2, 0) is 0 Å². The Morgan fingerprint density at radius 1 is 1.10 bits per heavy atom. The minimum absolute atomic E-state index is 0.755. The summed E-state index contributed by atoms with van der Waals surface area (Å²) in [7, 11) is 0. The van der Waals surface area contributed by atoms with E-state index < -0.39 is 0 Å². The summed E-state index contributed by atoms with van der Waals surface area (Å²) in [4.78, 5) is 11.4. The van der Waals surface area contributed by atoms with Crippen LogP contribution in [0.5, 0.6) is 0 Å². The average molecular weight is 303 g/mol. The fourth-order valence-corrected chi connectivity index (χ4v) is 2.67. The molecule has 1 aromatic carbocycles. The summed E-state index contributed by atoms with van der Waals surface area (Å²) in [6, 6.07) is 7.88. The highest BCUT2D eigenvalue weighted by atomic mass is 35.5. The van der Waals surface area contributed by atoms with Crippen molar-refractivity contribution in [3.63, 3.8) is 0 Å².